The number of benzene rings is 2. The molecule has 25 heavy (non-hydrogen) atoms. The molecule has 0 aliphatic carbocycles. The molecule has 0 aromatic heterocycles. The number of hydrogen-bond donors (Lipinski definition) is 0. The molecule has 0 N–H and O–H groups in total. The van der Waals surface area contributed by atoms with Gasteiger partial charge in [0.1, 0.15) is 0 Å². The lowest BCUT2D eigenvalue weighted by atomic mass is 10.2. The van der Waals surface area contributed by atoms with Crippen molar-refractivity contribution in [2.24, 2.45) is 4.99 Å². The van der Waals surface area contributed by atoms with Crippen LogP contribution in [0.3, 0.4) is 0 Å². The summed E-state index contributed by atoms with van der Waals surface area (Å²) >= 11 is 3.34. The zero-order valence-corrected chi connectivity index (χ0v) is 14.3. The lowest BCUT2D eigenvalue weighted by molar-refractivity contribution is -0.384. The van der Waals surface area contributed by atoms with Gasteiger partial charge in [-0.3, -0.25) is 10.1 Å². The van der Waals surface area contributed by atoms with Crippen LogP contribution in [0.15, 0.2) is 75.8 Å². The Morgan fingerprint density at radius 2 is 1.76 bits per heavy atom. The minimum absolute atomic E-state index is 0.0265. The van der Waals surface area contributed by atoms with E-state index in [4.69, 9.17) is 4.74 Å². The quantitative estimate of drug-likeness (QED) is 0.333. The summed E-state index contributed by atoms with van der Waals surface area (Å²) < 4.78 is 6.08. The smallest absolute Gasteiger partial charge is 0.363 e. The Hall–Kier alpha value is -3.06. The molecule has 0 unspecified atom stereocenters. The number of halogens is 1. The van der Waals surface area contributed by atoms with E-state index in [1.54, 1.807) is 36.4 Å². The number of esters is 1. The van der Waals surface area contributed by atoms with E-state index in [9.17, 15) is 14.9 Å². The van der Waals surface area contributed by atoms with Gasteiger partial charge in [0.25, 0.3) is 5.69 Å². The fourth-order valence-electron chi connectivity index (χ4n) is 2.10. The summed E-state index contributed by atoms with van der Waals surface area (Å²) in [7, 11) is 0. The van der Waals surface area contributed by atoms with Gasteiger partial charge in [-0.25, -0.2) is 9.79 Å². The summed E-state index contributed by atoms with van der Waals surface area (Å²) in [6, 6.07) is 13.3. The fraction of sp³-hybridized carbons (Fsp3) is 0. The summed E-state index contributed by atoms with van der Waals surface area (Å²) in [4.78, 5) is 26.2. The van der Waals surface area contributed by atoms with Crippen LogP contribution < -0.4 is 0 Å². The summed E-state index contributed by atoms with van der Waals surface area (Å²) in [5, 5.41) is 10.6. The molecule has 2 aromatic carbocycles. The van der Waals surface area contributed by atoms with E-state index in [1.165, 1.54) is 18.2 Å². The summed E-state index contributed by atoms with van der Waals surface area (Å²) in [5.41, 5.74) is 1.69. The van der Waals surface area contributed by atoms with E-state index in [0.717, 1.165) is 10.0 Å². The molecule has 1 heterocycles. The predicted octanol–water partition coefficient (Wildman–Crippen LogP) is 4.26. The second-order valence-electron chi connectivity index (χ2n) is 5.07. The summed E-state index contributed by atoms with van der Waals surface area (Å²) in [6.45, 7) is 0. The second-order valence-corrected chi connectivity index (χ2v) is 5.99. The molecule has 2 aromatic rings. The predicted molar refractivity (Wildman–Crippen MR) is 97.0 cm³/mol. The van der Waals surface area contributed by atoms with E-state index in [0.29, 0.717) is 5.56 Å². The largest absolute Gasteiger partial charge is 0.402 e. The zero-order chi connectivity index (χ0) is 17.8. The van der Waals surface area contributed by atoms with E-state index in [1.807, 2.05) is 12.1 Å². The molecule has 6 nitrogen and oxygen atoms in total. The number of allylic oxidation sites excluding steroid dienone is 2. The highest BCUT2D eigenvalue weighted by Crippen LogP contribution is 2.19. The molecule has 7 heteroatoms. The van der Waals surface area contributed by atoms with Crippen LogP contribution in [-0.4, -0.2) is 16.8 Å². The van der Waals surface area contributed by atoms with Crippen LogP contribution in [0.4, 0.5) is 5.69 Å². The maximum atomic E-state index is 11.9. The van der Waals surface area contributed by atoms with Crippen molar-refractivity contribution in [2.45, 2.75) is 0 Å². The van der Waals surface area contributed by atoms with Gasteiger partial charge < -0.3 is 4.74 Å². The van der Waals surface area contributed by atoms with Crippen LogP contribution in [0.5, 0.6) is 0 Å². The Morgan fingerprint density at radius 3 is 2.40 bits per heavy atom. The maximum Gasteiger partial charge on any atom is 0.363 e. The number of carbonyl (C=O) groups excluding carboxylic acids is 1. The van der Waals surface area contributed by atoms with Crippen molar-refractivity contribution in [2.75, 3.05) is 0 Å². The molecule has 0 fully saturated rings. The number of cyclic esters (lactones) is 1. The molecule has 0 spiro atoms. The minimum Gasteiger partial charge on any atom is -0.402 e. The first-order valence-corrected chi connectivity index (χ1v) is 8.02. The van der Waals surface area contributed by atoms with Gasteiger partial charge >= 0.3 is 5.97 Å². The molecular weight excluding hydrogens is 388 g/mol. The molecule has 0 saturated carbocycles. The van der Waals surface area contributed by atoms with Crippen molar-refractivity contribution < 1.29 is 14.5 Å². The van der Waals surface area contributed by atoms with Gasteiger partial charge in [0.15, 0.2) is 5.70 Å². The van der Waals surface area contributed by atoms with Gasteiger partial charge in [-0.05, 0) is 48.0 Å². The number of nitro groups is 1. The highest BCUT2D eigenvalue weighted by atomic mass is 79.9. The highest BCUT2D eigenvalue weighted by Gasteiger charge is 2.23. The van der Waals surface area contributed by atoms with Crippen LogP contribution >= 0.6 is 15.9 Å². The first-order valence-electron chi connectivity index (χ1n) is 7.22. The van der Waals surface area contributed by atoms with Crippen molar-refractivity contribution in [3.05, 3.63) is 92.1 Å². The molecule has 0 amide bonds. The maximum absolute atomic E-state index is 11.9. The third-order valence-corrected chi connectivity index (χ3v) is 3.89. The standard InChI is InChI=1S/C18H11BrN2O4/c19-14-8-6-13(7-9-14)17-20-16(18(22)25-17)3-1-2-12-4-10-15(11-5-12)21(23)24/h1-11H. The third-order valence-electron chi connectivity index (χ3n) is 3.36. The van der Waals surface area contributed by atoms with Gasteiger partial charge in [-0.2, -0.15) is 0 Å². The molecule has 0 radical (unpaired) electrons. The van der Waals surface area contributed by atoms with E-state index in [2.05, 4.69) is 20.9 Å². The number of aliphatic imine (C=N–C) groups is 1. The van der Waals surface area contributed by atoms with E-state index < -0.39 is 10.9 Å². The second kappa shape index (κ2) is 7.23. The molecule has 3 rings (SSSR count). The average molecular weight is 399 g/mol. The molecule has 0 atom stereocenters. The number of non-ortho nitro benzene ring substituents is 1. The van der Waals surface area contributed by atoms with Crippen LogP contribution in [0.2, 0.25) is 0 Å². The number of ether oxygens (including phenoxy) is 1. The Labute approximate surface area is 151 Å². The van der Waals surface area contributed by atoms with Crippen LogP contribution in [0.25, 0.3) is 6.08 Å². The molecule has 0 saturated heterocycles. The summed E-state index contributed by atoms with van der Waals surface area (Å²) in [6.07, 6.45) is 4.90. The Morgan fingerprint density at radius 1 is 1.08 bits per heavy atom. The van der Waals surface area contributed by atoms with Crippen molar-refractivity contribution >= 4 is 39.6 Å². The van der Waals surface area contributed by atoms with Crippen molar-refractivity contribution in [3.8, 4) is 0 Å². The number of nitro benzene ring substituents is 1. The highest BCUT2D eigenvalue weighted by molar-refractivity contribution is 9.10. The molecule has 0 bridgehead atoms. The molecule has 124 valence electrons. The Kier molecular flexibility index (Phi) is 4.85. The van der Waals surface area contributed by atoms with Crippen LogP contribution in [0, 0.1) is 10.1 Å². The third kappa shape index (κ3) is 4.07. The minimum atomic E-state index is -0.522. The lowest BCUT2D eigenvalue weighted by Gasteiger charge is -1.98. The van der Waals surface area contributed by atoms with Crippen molar-refractivity contribution in [1.82, 2.24) is 0 Å². The van der Waals surface area contributed by atoms with Gasteiger partial charge in [0.2, 0.25) is 5.90 Å². The molecular formula is C18H11BrN2O4. The van der Waals surface area contributed by atoms with E-state index >= 15 is 0 Å². The Balaban J connectivity index is 1.75. The summed E-state index contributed by atoms with van der Waals surface area (Å²) in [5.74, 6) is -0.265. The van der Waals surface area contributed by atoms with Gasteiger partial charge in [-0.1, -0.05) is 28.1 Å². The van der Waals surface area contributed by atoms with Gasteiger partial charge in [-0.15, -0.1) is 0 Å². The number of nitrogens with zero attached hydrogens (tertiary/aromatic N) is 2. The normalized spacial score (nSPS) is 15.5. The number of rotatable bonds is 4. The first kappa shape index (κ1) is 16.8. The topological polar surface area (TPSA) is 81.8 Å². The number of carbonyl (C=O) groups is 1. The van der Waals surface area contributed by atoms with Gasteiger partial charge in [0.05, 0.1) is 4.92 Å². The first-order chi connectivity index (χ1) is 12.0. The van der Waals surface area contributed by atoms with Crippen molar-refractivity contribution in [1.29, 1.82) is 0 Å². The zero-order valence-electron chi connectivity index (χ0n) is 12.8. The Bertz CT molecular complexity index is 913. The molecule has 1 aliphatic rings. The van der Waals surface area contributed by atoms with Crippen LogP contribution in [-0.2, 0) is 9.53 Å². The average Bonchev–Trinajstić information content (AvgIpc) is 2.97. The molecule has 1 aliphatic heterocycles. The van der Waals surface area contributed by atoms with Crippen LogP contribution in [0.1, 0.15) is 11.1 Å². The van der Waals surface area contributed by atoms with Crippen molar-refractivity contribution in [3.63, 3.8) is 0 Å². The monoisotopic (exact) mass is 398 g/mol. The lowest BCUT2D eigenvalue weighted by Crippen LogP contribution is -2.04. The van der Waals surface area contributed by atoms with Gasteiger partial charge in [0, 0.05) is 22.2 Å². The fourth-order valence-corrected chi connectivity index (χ4v) is 2.36. The SMILES string of the molecule is O=C1OC(c2ccc(Br)cc2)=NC1=CC=Cc1ccc([N+](=O)[O-])cc1. The number of hydrogen-bond acceptors (Lipinski definition) is 5. The van der Waals surface area contributed by atoms with E-state index in [-0.39, 0.29) is 17.3 Å².